The van der Waals surface area contributed by atoms with Gasteiger partial charge in [-0.25, -0.2) is 4.79 Å². The first-order valence-electron chi connectivity index (χ1n) is 7.58. The van der Waals surface area contributed by atoms with Crippen molar-refractivity contribution in [3.8, 4) is 17.2 Å². The molecule has 2 aromatic rings. The highest BCUT2D eigenvalue weighted by Gasteiger charge is 2.30. The zero-order valence-electron chi connectivity index (χ0n) is 14.6. The molecule has 0 aliphatic carbocycles. The number of amides is 1. The van der Waals surface area contributed by atoms with Crippen LogP contribution in [0.5, 0.6) is 17.2 Å². The van der Waals surface area contributed by atoms with Crippen LogP contribution < -0.4 is 19.5 Å². The van der Waals surface area contributed by atoms with Gasteiger partial charge < -0.3 is 19.5 Å². The third-order valence-corrected chi connectivity index (χ3v) is 3.61. The van der Waals surface area contributed by atoms with Gasteiger partial charge in [0, 0.05) is 19.2 Å². The Bertz CT molecular complexity index is 847. The summed E-state index contributed by atoms with van der Waals surface area (Å²) in [5.41, 5.74) is -1.01. The number of carbonyl (C=O) groups excluding carboxylic acids is 2. The van der Waals surface area contributed by atoms with Crippen molar-refractivity contribution >= 4 is 11.9 Å². The number of hydrogen-bond donors (Lipinski definition) is 1. The summed E-state index contributed by atoms with van der Waals surface area (Å²) in [6.07, 6.45) is -4.52. The molecule has 0 unspecified atom stereocenters. The Balaban J connectivity index is 2.37. The van der Waals surface area contributed by atoms with Crippen molar-refractivity contribution in [2.24, 2.45) is 0 Å². The van der Waals surface area contributed by atoms with E-state index in [9.17, 15) is 22.8 Å². The van der Waals surface area contributed by atoms with E-state index in [2.05, 4.69) is 5.32 Å². The summed E-state index contributed by atoms with van der Waals surface area (Å²) < 4.78 is 53.3. The molecular weight excluding hydrogens is 367 g/mol. The van der Waals surface area contributed by atoms with E-state index >= 15 is 0 Å². The van der Waals surface area contributed by atoms with Crippen LogP contribution in [0.3, 0.4) is 0 Å². The van der Waals surface area contributed by atoms with Gasteiger partial charge in [0.05, 0.1) is 30.9 Å². The lowest BCUT2D eigenvalue weighted by Gasteiger charge is -2.14. The molecule has 0 bridgehead atoms. The number of methoxy groups -OCH3 is 2. The van der Waals surface area contributed by atoms with E-state index in [1.807, 2.05) is 0 Å². The molecule has 0 aliphatic rings. The molecule has 0 atom stereocenters. The molecule has 0 radical (unpaired) electrons. The number of hydrogen-bond acceptors (Lipinski definition) is 5. The molecule has 0 aliphatic heterocycles. The van der Waals surface area contributed by atoms with E-state index in [1.54, 1.807) is 0 Å². The molecule has 144 valence electrons. The van der Waals surface area contributed by atoms with Crippen LogP contribution >= 0.6 is 0 Å². The summed E-state index contributed by atoms with van der Waals surface area (Å²) >= 11 is 0. The van der Waals surface area contributed by atoms with Gasteiger partial charge in [-0.1, -0.05) is 0 Å². The van der Waals surface area contributed by atoms with Crippen LogP contribution in [-0.2, 0) is 6.18 Å². The van der Waals surface area contributed by atoms with Gasteiger partial charge in [0.15, 0.2) is 11.5 Å². The molecule has 0 saturated heterocycles. The smallest absolute Gasteiger partial charge is 0.416 e. The van der Waals surface area contributed by atoms with Crippen LogP contribution in [0.25, 0.3) is 0 Å². The number of carbonyl (C=O) groups is 2. The van der Waals surface area contributed by atoms with Gasteiger partial charge in [0.2, 0.25) is 0 Å². The number of rotatable bonds is 5. The molecule has 1 N–H and O–H groups in total. The van der Waals surface area contributed by atoms with Crippen molar-refractivity contribution < 1.29 is 37.0 Å². The Kier molecular flexibility index (Phi) is 5.94. The number of esters is 1. The van der Waals surface area contributed by atoms with Crippen molar-refractivity contribution in [3.05, 3.63) is 53.1 Å². The summed E-state index contributed by atoms with van der Waals surface area (Å²) in [7, 11) is 4.12. The molecule has 2 aromatic carbocycles. The molecule has 27 heavy (non-hydrogen) atoms. The van der Waals surface area contributed by atoms with Crippen LogP contribution in [-0.4, -0.2) is 33.1 Å². The highest BCUT2D eigenvalue weighted by atomic mass is 19.4. The first-order valence-corrected chi connectivity index (χ1v) is 7.58. The Morgan fingerprint density at radius 1 is 0.926 bits per heavy atom. The van der Waals surface area contributed by atoms with Gasteiger partial charge in [-0.3, -0.25) is 4.79 Å². The minimum atomic E-state index is -4.52. The Labute approximate surface area is 152 Å². The summed E-state index contributed by atoms with van der Waals surface area (Å²) in [5, 5.41) is 2.40. The van der Waals surface area contributed by atoms with Crippen LogP contribution in [0.1, 0.15) is 26.3 Å². The number of alkyl halides is 3. The Hall–Kier alpha value is -3.23. The molecule has 6 nitrogen and oxygen atoms in total. The lowest BCUT2D eigenvalue weighted by Crippen LogP contribution is -2.20. The Morgan fingerprint density at radius 3 is 1.96 bits per heavy atom. The second-order valence-electron chi connectivity index (χ2n) is 5.25. The fourth-order valence-electron chi connectivity index (χ4n) is 2.21. The molecule has 0 aromatic heterocycles. The fraction of sp³-hybridized carbons (Fsp3) is 0.222. The molecular formula is C18H16F3NO5. The maximum absolute atomic E-state index is 12.6. The third kappa shape index (κ3) is 4.49. The van der Waals surface area contributed by atoms with E-state index in [0.29, 0.717) is 0 Å². The van der Waals surface area contributed by atoms with E-state index in [0.717, 1.165) is 24.3 Å². The lowest BCUT2D eigenvalue weighted by atomic mass is 10.1. The zero-order chi connectivity index (χ0) is 20.2. The number of ether oxygens (including phenoxy) is 3. The second kappa shape index (κ2) is 7.98. The van der Waals surface area contributed by atoms with Crippen LogP contribution in [0.4, 0.5) is 13.2 Å². The van der Waals surface area contributed by atoms with Gasteiger partial charge >= 0.3 is 12.1 Å². The third-order valence-electron chi connectivity index (χ3n) is 3.61. The van der Waals surface area contributed by atoms with Crippen LogP contribution in [0.2, 0.25) is 0 Å². The van der Waals surface area contributed by atoms with Gasteiger partial charge in [-0.15, -0.1) is 0 Å². The maximum Gasteiger partial charge on any atom is 0.416 e. The standard InChI is InChI=1S/C18H16F3NO5/c1-22-16(23)12-8-14(25-2)15(26-3)9-13(12)27-17(24)10-4-6-11(7-5-10)18(19,20)21/h4-9H,1-3H3,(H,22,23). The minimum Gasteiger partial charge on any atom is -0.493 e. The molecule has 0 saturated carbocycles. The lowest BCUT2D eigenvalue weighted by molar-refractivity contribution is -0.137. The van der Waals surface area contributed by atoms with Crippen molar-refractivity contribution in [1.29, 1.82) is 0 Å². The summed E-state index contributed by atoms with van der Waals surface area (Å²) in [4.78, 5) is 24.3. The van der Waals surface area contributed by atoms with Gasteiger partial charge in [0.1, 0.15) is 5.75 Å². The van der Waals surface area contributed by atoms with E-state index in [-0.39, 0.29) is 28.4 Å². The molecule has 1 amide bonds. The SMILES string of the molecule is CNC(=O)c1cc(OC)c(OC)cc1OC(=O)c1ccc(C(F)(F)F)cc1. The largest absolute Gasteiger partial charge is 0.493 e. The van der Waals surface area contributed by atoms with E-state index in [4.69, 9.17) is 14.2 Å². The van der Waals surface area contributed by atoms with E-state index < -0.39 is 23.6 Å². The zero-order valence-corrected chi connectivity index (χ0v) is 14.6. The topological polar surface area (TPSA) is 73.9 Å². The molecule has 0 spiro atoms. The van der Waals surface area contributed by atoms with Crippen molar-refractivity contribution in [3.63, 3.8) is 0 Å². The second-order valence-corrected chi connectivity index (χ2v) is 5.25. The average Bonchev–Trinajstić information content (AvgIpc) is 2.66. The quantitative estimate of drug-likeness (QED) is 0.634. The highest BCUT2D eigenvalue weighted by Crippen LogP contribution is 2.35. The van der Waals surface area contributed by atoms with Gasteiger partial charge in [-0.2, -0.15) is 13.2 Å². The Morgan fingerprint density at radius 2 is 1.48 bits per heavy atom. The summed E-state index contributed by atoms with van der Waals surface area (Å²) in [5.74, 6) is -1.16. The minimum absolute atomic E-state index is 0.00425. The van der Waals surface area contributed by atoms with Gasteiger partial charge in [-0.05, 0) is 24.3 Å². The highest BCUT2D eigenvalue weighted by molar-refractivity contribution is 5.99. The van der Waals surface area contributed by atoms with E-state index in [1.165, 1.54) is 33.4 Å². The molecule has 9 heteroatoms. The fourth-order valence-corrected chi connectivity index (χ4v) is 2.21. The molecule has 2 rings (SSSR count). The molecule has 0 fully saturated rings. The predicted octanol–water partition coefficient (Wildman–Crippen LogP) is 3.30. The number of benzene rings is 2. The van der Waals surface area contributed by atoms with Crippen molar-refractivity contribution in [2.45, 2.75) is 6.18 Å². The van der Waals surface area contributed by atoms with Crippen LogP contribution in [0, 0.1) is 0 Å². The molecule has 0 heterocycles. The first kappa shape index (κ1) is 20.1. The average molecular weight is 383 g/mol. The maximum atomic E-state index is 12.6. The summed E-state index contributed by atoms with van der Waals surface area (Å²) in [6.45, 7) is 0. The predicted molar refractivity (Wildman–Crippen MR) is 89.3 cm³/mol. The van der Waals surface area contributed by atoms with Gasteiger partial charge in [0.25, 0.3) is 5.91 Å². The normalized spacial score (nSPS) is 10.9. The number of nitrogens with one attached hydrogen (secondary N) is 1. The number of halogens is 3. The first-order chi connectivity index (χ1) is 12.7. The van der Waals surface area contributed by atoms with Crippen molar-refractivity contribution in [2.75, 3.05) is 21.3 Å². The monoisotopic (exact) mass is 383 g/mol. The summed E-state index contributed by atoms with van der Waals surface area (Å²) in [6, 6.07) is 6.13. The van der Waals surface area contributed by atoms with Crippen molar-refractivity contribution in [1.82, 2.24) is 5.32 Å². The van der Waals surface area contributed by atoms with Crippen LogP contribution in [0.15, 0.2) is 36.4 Å².